The third kappa shape index (κ3) is 2.48. The van der Waals surface area contributed by atoms with Crippen LogP contribution in [0.2, 0.25) is 0 Å². The summed E-state index contributed by atoms with van der Waals surface area (Å²) in [5, 5.41) is 10.1. The molecule has 4 aliphatic rings. The fraction of sp³-hybridized carbons (Fsp3) is 0.818. The van der Waals surface area contributed by atoms with E-state index in [0.717, 1.165) is 44.9 Å². The third-order valence-electron chi connectivity index (χ3n) is 8.90. The summed E-state index contributed by atoms with van der Waals surface area (Å²) >= 11 is 0. The quantitative estimate of drug-likeness (QED) is 0.567. The Hall–Kier alpha value is -0.700. The Balaban J connectivity index is 1.65. The summed E-state index contributed by atoms with van der Waals surface area (Å²) in [6, 6.07) is 0. The van der Waals surface area contributed by atoms with Crippen molar-refractivity contribution < 1.29 is 13.9 Å². The van der Waals surface area contributed by atoms with E-state index in [4.69, 9.17) is 0 Å². The van der Waals surface area contributed by atoms with E-state index in [1.54, 1.807) is 6.92 Å². The van der Waals surface area contributed by atoms with E-state index in [2.05, 4.69) is 19.9 Å². The number of hydrogen-bond donors (Lipinski definition) is 1. The van der Waals surface area contributed by atoms with Crippen molar-refractivity contribution in [1.29, 1.82) is 0 Å². The van der Waals surface area contributed by atoms with Crippen molar-refractivity contribution in [3.05, 3.63) is 23.3 Å². The summed E-state index contributed by atoms with van der Waals surface area (Å²) in [6.45, 7) is 6.37. The Labute approximate surface area is 150 Å². The van der Waals surface area contributed by atoms with E-state index in [1.165, 1.54) is 12.0 Å². The van der Waals surface area contributed by atoms with Gasteiger partial charge in [-0.25, -0.2) is 0 Å². The third-order valence-corrected chi connectivity index (χ3v) is 8.90. The number of aliphatic hydroxyl groups excluding tert-OH is 1. The molecule has 0 aromatic carbocycles. The second kappa shape index (κ2) is 5.90. The summed E-state index contributed by atoms with van der Waals surface area (Å²) in [6.07, 6.45) is 9.03. The molecule has 4 rings (SSSR count). The highest BCUT2D eigenvalue weighted by atomic mass is 19.3. The highest BCUT2D eigenvalue weighted by Gasteiger charge is 2.58. The fourth-order valence-corrected chi connectivity index (χ4v) is 7.48. The Morgan fingerprint density at radius 1 is 1.08 bits per heavy atom. The SMILES string of the molecule is CC(=C(F)F)C1CCC2C3CC=C4CC(O)CCC4(C)C3CCC12C. The molecule has 3 heteroatoms. The van der Waals surface area contributed by atoms with Gasteiger partial charge in [-0.05, 0) is 98.4 Å². The summed E-state index contributed by atoms with van der Waals surface area (Å²) in [4.78, 5) is 0. The molecule has 0 heterocycles. The number of aliphatic hydroxyl groups is 1. The maximum Gasteiger partial charge on any atom is 0.269 e. The molecular weight excluding hydrogens is 318 g/mol. The predicted molar refractivity (Wildman–Crippen MR) is 96.1 cm³/mol. The van der Waals surface area contributed by atoms with E-state index in [1.807, 2.05) is 0 Å². The minimum atomic E-state index is -1.45. The van der Waals surface area contributed by atoms with Gasteiger partial charge in [0.25, 0.3) is 6.08 Å². The van der Waals surface area contributed by atoms with Crippen LogP contribution in [0.1, 0.15) is 72.1 Å². The second-order valence-electron chi connectivity index (χ2n) is 9.77. The minimum absolute atomic E-state index is 0.0462. The van der Waals surface area contributed by atoms with Gasteiger partial charge in [0.2, 0.25) is 0 Å². The van der Waals surface area contributed by atoms with Gasteiger partial charge in [-0.2, -0.15) is 8.78 Å². The lowest BCUT2D eigenvalue weighted by Crippen LogP contribution is -2.50. The largest absolute Gasteiger partial charge is 0.393 e. The van der Waals surface area contributed by atoms with Crippen LogP contribution in [0.5, 0.6) is 0 Å². The molecule has 7 unspecified atom stereocenters. The van der Waals surface area contributed by atoms with Gasteiger partial charge in [0.15, 0.2) is 0 Å². The van der Waals surface area contributed by atoms with Crippen molar-refractivity contribution in [1.82, 2.24) is 0 Å². The van der Waals surface area contributed by atoms with Gasteiger partial charge in [-0.15, -0.1) is 0 Å². The molecule has 7 atom stereocenters. The summed E-state index contributed by atoms with van der Waals surface area (Å²) in [7, 11) is 0. The van der Waals surface area contributed by atoms with Crippen molar-refractivity contribution in [2.75, 3.05) is 0 Å². The minimum Gasteiger partial charge on any atom is -0.393 e. The van der Waals surface area contributed by atoms with Crippen molar-refractivity contribution in [2.45, 2.75) is 78.2 Å². The van der Waals surface area contributed by atoms with Crippen molar-refractivity contribution >= 4 is 0 Å². The first kappa shape index (κ1) is 17.7. The molecule has 0 radical (unpaired) electrons. The number of halogens is 2. The number of hydrogen-bond acceptors (Lipinski definition) is 1. The van der Waals surface area contributed by atoms with Gasteiger partial charge < -0.3 is 5.11 Å². The Morgan fingerprint density at radius 3 is 2.56 bits per heavy atom. The highest BCUT2D eigenvalue weighted by molar-refractivity contribution is 5.26. The molecule has 0 amide bonds. The van der Waals surface area contributed by atoms with Crippen LogP contribution in [0.4, 0.5) is 8.78 Å². The van der Waals surface area contributed by atoms with Gasteiger partial charge >= 0.3 is 0 Å². The molecule has 0 aliphatic heterocycles. The van der Waals surface area contributed by atoms with Crippen molar-refractivity contribution in [3.63, 3.8) is 0 Å². The van der Waals surface area contributed by atoms with Gasteiger partial charge in [0.1, 0.15) is 0 Å². The molecule has 0 bridgehead atoms. The molecule has 0 aromatic rings. The first-order valence-electron chi connectivity index (χ1n) is 10.2. The van der Waals surface area contributed by atoms with E-state index < -0.39 is 6.08 Å². The lowest BCUT2D eigenvalue weighted by atomic mass is 9.47. The molecular formula is C22H32F2O. The normalized spacial score (nSPS) is 48.9. The van der Waals surface area contributed by atoms with E-state index >= 15 is 0 Å². The Kier molecular flexibility index (Phi) is 4.18. The fourth-order valence-electron chi connectivity index (χ4n) is 7.48. The van der Waals surface area contributed by atoms with Gasteiger partial charge in [-0.3, -0.25) is 0 Å². The first-order chi connectivity index (χ1) is 11.8. The van der Waals surface area contributed by atoms with Crippen LogP contribution in [0.15, 0.2) is 23.3 Å². The predicted octanol–water partition coefficient (Wildman–Crippen LogP) is 6.10. The molecule has 4 aliphatic carbocycles. The maximum atomic E-state index is 13.3. The van der Waals surface area contributed by atoms with E-state index in [-0.39, 0.29) is 22.9 Å². The van der Waals surface area contributed by atoms with Crippen molar-refractivity contribution in [2.24, 2.45) is 34.5 Å². The lowest BCUT2D eigenvalue weighted by Gasteiger charge is -2.58. The zero-order valence-corrected chi connectivity index (χ0v) is 15.8. The Bertz CT molecular complexity index is 620. The lowest BCUT2D eigenvalue weighted by molar-refractivity contribution is -0.0458. The van der Waals surface area contributed by atoms with Crippen LogP contribution >= 0.6 is 0 Å². The molecule has 25 heavy (non-hydrogen) atoms. The number of fused-ring (bicyclic) bond motifs is 5. The standard InChI is InChI=1S/C22H32F2O/c1-13(20(23)24)17-6-7-18-16-5-4-14-12-15(25)8-10-21(14,2)19(16)9-11-22(17,18)3/h4,15-19,25H,5-12H2,1-3H3. The molecule has 140 valence electrons. The van der Waals surface area contributed by atoms with Gasteiger partial charge in [0.05, 0.1) is 6.10 Å². The summed E-state index contributed by atoms with van der Waals surface area (Å²) < 4.78 is 26.6. The van der Waals surface area contributed by atoms with Crippen LogP contribution in [0.3, 0.4) is 0 Å². The van der Waals surface area contributed by atoms with Crippen LogP contribution < -0.4 is 0 Å². The number of rotatable bonds is 1. The van der Waals surface area contributed by atoms with E-state index in [9.17, 15) is 13.9 Å². The van der Waals surface area contributed by atoms with Crippen molar-refractivity contribution in [3.8, 4) is 0 Å². The van der Waals surface area contributed by atoms with Crippen LogP contribution in [0, 0.1) is 34.5 Å². The summed E-state index contributed by atoms with van der Waals surface area (Å²) in [5.41, 5.74) is 2.11. The second-order valence-corrected chi connectivity index (χ2v) is 9.77. The molecule has 1 N–H and O–H groups in total. The molecule has 0 aromatic heterocycles. The van der Waals surface area contributed by atoms with Crippen LogP contribution in [-0.4, -0.2) is 11.2 Å². The molecule has 0 saturated heterocycles. The molecule has 3 fully saturated rings. The highest BCUT2D eigenvalue weighted by Crippen LogP contribution is 2.67. The maximum absolute atomic E-state index is 13.3. The first-order valence-corrected chi connectivity index (χ1v) is 10.2. The smallest absolute Gasteiger partial charge is 0.269 e. The zero-order valence-electron chi connectivity index (χ0n) is 15.8. The van der Waals surface area contributed by atoms with Crippen LogP contribution in [0.25, 0.3) is 0 Å². The van der Waals surface area contributed by atoms with E-state index in [0.29, 0.717) is 23.3 Å². The summed E-state index contributed by atoms with van der Waals surface area (Å²) in [5.74, 6) is 1.96. The van der Waals surface area contributed by atoms with Crippen LogP contribution in [-0.2, 0) is 0 Å². The topological polar surface area (TPSA) is 20.2 Å². The number of allylic oxidation sites excluding steroid dienone is 2. The average molecular weight is 350 g/mol. The zero-order chi connectivity index (χ0) is 18.0. The average Bonchev–Trinajstić information content (AvgIpc) is 2.92. The molecule has 3 saturated carbocycles. The molecule has 0 spiro atoms. The monoisotopic (exact) mass is 350 g/mol. The molecule has 1 nitrogen and oxygen atoms in total. The Morgan fingerprint density at radius 2 is 1.84 bits per heavy atom. The van der Waals surface area contributed by atoms with Gasteiger partial charge in [-0.1, -0.05) is 25.5 Å². The van der Waals surface area contributed by atoms with Gasteiger partial charge in [0, 0.05) is 0 Å².